The molecule has 1 unspecified atom stereocenters. The summed E-state index contributed by atoms with van der Waals surface area (Å²) in [6.07, 6.45) is 3.88. The van der Waals surface area contributed by atoms with Crippen LogP contribution in [0.2, 0.25) is 5.02 Å². The van der Waals surface area contributed by atoms with Gasteiger partial charge in [0.2, 0.25) is 11.8 Å². The number of anilines is 1. The van der Waals surface area contributed by atoms with Crippen LogP contribution in [0, 0.1) is 6.92 Å². The van der Waals surface area contributed by atoms with E-state index in [1.807, 2.05) is 6.92 Å². The normalized spacial score (nSPS) is 14.2. The second-order valence-corrected chi connectivity index (χ2v) is 13.0. The zero-order valence-corrected chi connectivity index (χ0v) is 26.5. The molecule has 9 nitrogen and oxygen atoms in total. The van der Waals surface area contributed by atoms with Gasteiger partial charge >= 0.3 is 0 Å². The van der Waals surface area contributed by atoms with Crippen LogP contribution in [0.5, 0.6) is 11.5 Å². The van der Waals surface area contributed by atoms with Crippen molar-refractivity contribution in [2.75, 3.05) is 25.1 Å². The van der Waals surface area contributed by atoms with E-state index in [0.717, 1.165) is 41.1 Å². The molecule has 0 aliphatic heterocycles. The summed E-state index contributed by atoms with van der Waals surface area (Å²) >= 11 is 6.08. The molecule has 0 saturated heterocycles. The Morgan fingerprint density at radius 2 is 1.58 bits per heavy atom. The van der Waals surface area contributed by atoms with Gasteiger partial charge in [0.05, 0.1) is 24.8 Å². The van der Waals surface area contributed by atoms with Gasteiger partial charge in [-0.3, -0.25) is 13.9 Å². The molecule has 3 aromatic carbocycles. The van der Waals surface area contributed by atoms with Crippen LogP contribution in [0.15, 0.2) is 71.6 Å². The molecular weight excluding hydrogens is 590 g/mol. The Hall–Kier alpha value is -3.76. The first-order valence-electron chi connectivity index (χ1n) is 14.2. The van der Waals surface area contributed by atoms with E-state index in [2.05, 4.69) is 5.32 Å². The minimum Gasteiger partial charge on any atom is -0.493 e. The Labute approximate surface area is 258 Å². The second kappa shape index (κ2) is 14.1. The van der Waals surface area contributed by atoms with E-state index in [4.69, 9.17) is 21.1 Å². The number of halogens is 1. The molecule has 0 radical (unpaired) electrons. The van der Waals surface area contributed by atoms with Crippen molar-refractivity contribution in [2.24, 2.45) is 0 Å². The van der Waals surface area contributed by atoms with Crippen LogP contribution in [0.25, 0.3) is 0 Å². The third kappa shape index (κ3) is 7.80. The van der Waals surface area contributed by atoms with Crippen LogP contribution in [0.1, 0.15) is 43.7 Å². The van der Waals surface area contributed by atoms with Gasteiger partial charge in [-0.05, 0) is 68.7 Å². The summed E-state index contributed by atoms with van der Waals surface area (Å²) in [5, 5.41) is 3.61. The van der Waals surface area contributed by atoms with Gasteiger partial charge in [-0.15, -0.1) is 0 Å². The number of carbonyl (C=O) groups excluding carboxylic acids is 2. The number of carbonyl (C=O) groups is 2. The molecule has 1 saturated carbocycles. The molecular formula is C32H38ClN3O6S. The zero-order chi connectivity index (χ0) is 31.1. The molecule has 43 heavy (non-hydrogen) atoms. The van der Waals surface area contributed by atoms with Crippen LogP contribution in [-0.2, 0) is 26.2 Å². The summed E-state index contributed by atoms with van der Waals surface area (Å²) in [4.78, 5) is 28.9. The van der Waals surface area contributed by atoms with Crippen molar-refractivity contribution in [3.63, 3.8) is 0 Å². The van der Waals surface area contributed by atoms with Crippen LogP contribution in [0.3, 0.4) is 0 Å². The molecule has 0 aromatic heterocycles. The average Bonchev–Trinajstić information content (AvgIpc) is 3.52. The summed E-state index contributed by atoms with van der Waals surface area (Å²) in [5.74, 6) is -0.117. The van der Waals surface area contributed by atoms with Gasteiger partial charge in [0.25, 0.3) is 10.0 Å². The second-order valence-electron chi connectivity index (χ2n) is 10.7. The van der Waals surface area contributed by atoms with Gasteiger partial charge in [0.1, 0.15) is 12.6 Å². The lowest BCUT2D eigenvalue weighted by molar-refractivity contribution is -0.139. The number of hydrogen-bond acceptors (Lipinski definition) is 6. The van der Waals surface area contributed by atoms with Crippen molar-refractivity contribution >= 4 is 39.1 Å². The predicted molar refractivity (Wildman–Crippen MR) is 167 cm³/mol. The SMILES string of the molecule is COc1ccc(N(CC(=O)N(Cc2ccc(Cl)cc2)C(C)C(=O)NC2CCCC2)S(=O)(=O)c2ccc(C)cc2)cc1OC. The number of benzene rings is 3. The van der Waals surface area contributed by atoms with Gasteiger partial charge in [0, 0.05) is 23.7 Å². The molecule has 1 fully saturated rings. The number of aryl methyl sites for hydroxylation is 1. The van der Waals surface area contributed by atoms with E-state index in [1.165, 1.54) is 37.3 Å². The van der Waals surface area contributed by atoms with Crippen molar-refractivity contribution in [1.82, 2.24) is 10.2 Å². The molecule has 230 valence electrons. The van der Waals surface area contributed by atoms with E-state index in [-0.39, 0.29) is 29.1 Å². The van der Waals surface area contributed by atoms with E-state index in [0.29, 0.717) is 16.5 Å². The number of methoxy groups -OCH3 is 2. The number of ether oxygens (including phenoxy) is 2. The molecule has 1 atom stereocenters. The maximum atomic E-state index is 14.1. The number of sulfonamides is 1. The number of hydrogen-bond donors (Lipinski definition) is 1. The van der Waals surface area contributed by atoms with Crippen molar-refractivity contribution in [2.45, 2.75) is 63.1 Å². The molecule has 4 rings (SSSR count). The van der Waals surface area contributed by atoms with E-state index >= 15 is 0 Å². The highest BCUT2D eigenvalue weighted by molar-refractivity contribution is 7.92. The molecule has 1 aliphatic rings. The van der Waals surface area contributed by atoms with E-state index in [9.17, 15) is 18.0 Å². The monoisotopic (exact) mass is 627 g/mol. The molecule has 1 aliphatic carbocycles. The van der Waals surface area contributed by atoms with Gasteiger partial charge in [0.15, 0.2) is 11.5 Å². The van der Waals surface area contributed by atoms with Crippen LogP contribution in [0.4, 0.5) is 5.69 Å². The lowest BCUT2D eigenvalue weighted by atomic mass is 10.1. The molecule has 2 amide bonds. The quantitative estimate of drug-likeness (QED) is 0.291. The third-order valence-corrected chi connectivity index (χ3v) is 9.72. The Bertz CT molecular complexity index is 1520. The number of nitrogens with zero attached hydrogens (tertiary/aromatic N) is 2. The van der Waals surface area contributed by atoms with Crippen molar-refractivity contribution in [1.29, 1.82) is 0 Å². The fraction of sp³-hybridized carbons (Fsp3) is 0.375. The van der Waals surface area contributed by atoms with Crippen molar-refractivity contribution < 1.29 is 27.5 Å². The molecule has 0 spiro atoms. The minimum atomic E-state index is -4.22. The number of amides is 2. The van der Waals surface area contributed by atoms with Crippen molar-refractivity contribution in [3.8, 4) is 11.5 Å². The van der Waals surface area contributed by atoms with Crippen LogP contribution in [-0.4, -0.2) is 58.0 Å². The maximum Gasteiger partial charge on any atom is 0.264 e. The fourth-order valence-electron chi connectivity index (χ4n) is 5.11. The third-order valence-electron chi connectivity index (χ3n) is 7.68. The van der Waals surface area contributed by atoms with Crippen molar-refractivity contribution in [3.05, 3.63) is 82.9 Å². The molecule has 1 N–H and O–H groups in total. The standard InChI is InChI=1S/C32H38ClN3O6S/c1-22-9-16-28(17-10-22)43(39,40)36(27-15-18-29(41-3)30(19-27)42-4)21-31(37)35(20-24-11-13-25(33)14-12-24)23(2)32(38)34-26-7-5-6-8-26/h9-19,23,26H,5-8,20-21H2,1-4H3,(H,34,38). The van der Waals surface area contributed by atoms with E-state index < -0.39 is 28.5 Å². The van der Waals surface area contributed by atoms with Gasteiger partial charge in [-0.2, -0.15) is 0 Å². The first-order valence-corrected chi connectivity index (χ1v) is 16.0. The average molecular weight is 628 g/mol. The topological polar surface area (TPSA) is 105 Å². The molecule has 0 bridgehead atoms. The smallest absolute Gasteiger partial charge is 0.264 e. The minimum absolute atomic E-state index is 0.0250. The maximum absolute atomic E-state index is 14.1. The number of rotatable bonds is 12. The Balaban J connectivity index is 1.72. The Kier molecular flexibility index (Phi) is 10.6. The zero-order valence-electron chi connectivity index (χ0n) is 24.9. The summed E-state index contributed by atoms with van der Waals surface area (Å²) < 4.78 is 40.0. The highest BCUT2D eigenvalue weighted by atomic mass is 35.5. The lowest BCUT2D eigenvalue weighted by Gasteiger charge is -2.32. The van der Waals surface area contributed by atoms with Gasteiger partial charge < -0.3 is 19.7 Å². The van der Waals surface area contributed by atoms with E-state index in [1.54, 1.807) is 55.5 Å². The van der Waals surface area contributed by atoms with Gasteiger partial charge in [-0.1, -0.05) is 54.3 Å². The molecule has 0 heterocycles. The van der Waals surface area contributed by atoms with Crippen LogP contribution >= 0.6 is 11.6 Å². The highest BCUT2D eigenvalue weighted by Gasteiger charge is 2.33. The Morgan fingerprint density at radius 3 is 2.19 bits per heavy atom. The van der Waals surface area contributed by atoms with Crippen LogP contribution < -0.4 is 19.1 Å². The predicted octanol–water partition coefficient (Wildman–Crippen LogP) is 5.34. The lowest BCUT2D eigenvalue weighted by Crippen LogP contribution is -2.52. The largest absolute Gasteiger partial charge is 0.493 e. The highest BCUT2D eigenvalue weighted by Crippen LogP contribution is 2.34. The van der Waals surface area contributed by atoms with Gasteiger partial charge in [-0.25, -0.2) is 8.42 Å². The Morgan fingerprint density at radius 1 is 0.953 bits per heavy atom. The first kappa shape index (κ1) is 32.2. The number of nitrogens with one attached hydrogen (secondary N) is 1. The molecule has 11 heteroatoms. The summed E-state index contributed by atoms with van der Waals surface area (Å²) in [5.41, 5.74) is 1.85. The summed E-state index contributed by atoms with van der Waals surface area (Å²) in [6, 6.07) is 17.2. The fourth-order valence-corrected chi connectivity index (χ4v) is 6.64. The summed E-state index contributed by atoms with van der Waals surface area (Å²) in [7, 11) is -1.29. The first-order chi connectivity index (χ1) is 20.5. The summed E-state index contributed by atoms with van der Waals surface area (Å²) in [6.45, 7) is 3.05. The molecule has 3 aromatic rings.